The molecule has 154 valence electrons. The van der Waals surface area contributed by atoms with Crippen molar-refractivity contribution >= 4 is 34.5 Å². The Balaban J connectivity index is 1.46. The number of fused-ring (bicyclic) bond motifs is 1. The Morgan fingerprint density at radius 3 is 2.61 bits per heavy atom. The van der Waals surface area contributed by atoms with Crippen LogP contribution in [0.1, 0.15) is 16.7 Å². The molecule has 4 rings (SSSR count). The van der Waals surface area contributed by atoms with Gasteiger partial charge in [0, 0.05) is 29.5 Å². The first-order valence-corrected chi connectivity index (χ1v) is 9.61. The van der Waals surface area contributed by atoms with Gasteiger partial charge >= 0.3 is 0 Å². The van der Waals surface area contributed by atoms with Crippen LogP contribution in [0.5, 0.6) is 0 Å². The molecule has 0 aliphatic heterocycles. The van der Waals surface area contributed by atoms with Crippen LogP contribution in [0.4, 0.5) is 11.4 Å². The van der Waals surface area contributed by atoms with Gasteiger partial charge in [-0.3, -0.25) is 14.9 Å². The third-order valence-electron chi connectivity index (χ3n) is 4.73. The standard InChI is InChI=1S/C24H19N3O4/c1-15-12-16(2)23-21(13-15)26-24(31-23)18-7-9-19(10-8-18)25-22(28)11-6-17-4-3-5-20(14-17)27(29)30/h3-14H,1-2H3,(H,25,28). The molecule has 1 aromatic heterocycles. The topological polar surface area (TPSA) is 98.3 Å². The highest BCUT2D eigenvalue weighted by atomic mass is 16.6. The zero-order valence-electron chi connectivity index (χ0n) is 17.0. The Bertz CT molecular complexity index is 1320. The van der Waals surface area contributed by atoms with Crippen LogP contribution in [-0.2, 0) is 4.79 Å². The van der Waals surface area contributed by atoms with Crippen molar-refractivity contribution in [1.29, 1.82) is 0 Å². The monoisotopic (exact) mass is 413 g/mol. The number of nitro benzene ring substituents is 1. The molecule has 0 radical (unpaired) electrons. The number of non-ortho nitro benzene ring substituents is 1. The molecule has 7 nitrogen and oxygen atoms in total. The molecule has 0 spiro atoms. The molecule has 0 saturated carbocycles. The zero-order chi connectivity index (χ0) is 22.0. The molecule has 1 N–H and O–H groups in total. The van der Waals surface area contributed by atoms with Crippen LogP contribution < -0.4 is 5.32 Å². The molecule has 0 unspecified atom stereocenters. The second-order valence-corrected chi connectivity index (χ2v) is 7.20. The summed E-state index contributed by atoms with van der Waals surface area (Å²) in [6.45, 7) is 4.01. The Labute approximate surface area is 178 Å². The van der Waals surface area contributed by atoms with E-state index in [1.165, 1.54) is 24.3 Å². The quantitative estimate of drug-likeness (QED) is 0.258. The fourth-order valence-corrected chi connectivity index (χ4v) is 3.29. The van der Waals surface area contributed by atoms with Crippen molar-refractivity contribution in [2.24, 2.45) is 0 Å². The molecule has 31 heavy (non-hydrogen) atoms. The number of carbonyl (C=O) groups is 1. The normalized spacial score (nSPS) is 11.2. The van der Waals surface area contributed by atoms with Gasteiger partial charge in [-0.25, -0.2) is 4.98 Å². The Morgan fingerprint density at radius 1 is 1.10 bits per heavy atom. The van der Waals surface area contributed by atoms with E-state index in [0.717, 1.165) is 27.8 Å². The number of hydrogen-bond donors (Lipinski definition) is 1. The second kappa shape index (κ2) is 8.23. The minimum Gasteiger partial charge on any atom is -0.436 e. The van der Waals surface area contributed by atoms with E-state index >= 15 is 0 Å². The SMILES string of the molecule is Cc1cc(C)c2oc(-c3ccc(NC(=O)C=Cc4cccc([N+](=O)[O-])c4)cc3)nc2c1. The van der Waals surface area contributed by atoms with E-state index < -0.39 is 4.92 Å². The maximum absolute atomic E-state index is 12.2. The molecule has 0 saturated heterocycles. The number of oxazole rings is 1. The van der Waals surface area contributed by atoms with Gasteiger partial charge in [-0.2, -0.15) is 0 Å². The van der Waals surface area contributed by atoms with E-state index in [-0.39, 0.29) is 11.6 Å². The smallest absolute Gasteiger partial charge is 0.270 e. The van der Waals surface area contributed by atoms with E-state index in [0.29, 0.717) is 17.1 Å². The van der Waals surface area contributed by atoms with Gasteiger partial charge in [-0.15, -0.1) is 0 Å². The molecule has 7 heteroatoms. The molecule has 4 aromatic rings. The van der Waals surface area contributed by atoms with Crippen LogP contribution in [0.2, 0.25) is 0 Å². The molecule has 1 amide bonds. The van der Waals surface area contributed by atoms with Crippen LogP contribution in [0.3, 0.4) is 0 Å². The summed E-state index contributed by atoms with van der Waals surface area (Å²) in [5.74, 6) is 0.180. The molecule has 0 fully saturated rings. The fraction of sp³-hybridized carbons (Fsp3) is 0.0833. The number of amides is 1. The molecule has 3 aromatic carbocycles. The average molecular weight is 413 g/mol. The van der Waals surface area contributed by atoms with Crippen LogP contribution in [0, 0.1) is 24.0 Å². The van der Waals surface area contributed by atoms with Crippen molar-refractivity contribution in [2.45, 2.75) is 13.8 Å². The third kappa shape index (κ3) is 4.51. The largest absolute Gasteiger partial charge is 0.436 e. The van der Waals surface area contributed by atoms with E-state index in [4.69, 9.17) is 4.42 Å². The number of nitrogens with zero attached hydrogens (tertiary/aromatic N) is 2. The lowest BCUT2D eigenvalue weighted by Gasteiger charge is -2.03. The van der Waals surface area contributed by atoms with Crippen molar-refractivity contribution in [2.75, 3.05) is 5.32 Å². The maximum atomic E-state index is 12.2. The van der Waals surface area contributed by atoms with Crippen LogP contribution in [0.25, 0.3) is 28.6 Å². The predicted octanol–water partition coefficient (Wildman–Crippen LogP) is 5.67. The minimum absolute atomic E-state index is 0.0253. The lowest BCUT2D eigenvalue weighted by molar-refractivity contribution is -0.384. The molecule has 0 bridgehead atoms. The highest BCUT2D eigenvalue weighted by Crippen LogP contribution is 2.28. The van der Waals surface area contributed by atoms with Gasteiger partial charge in [0.25, 0.3) is 5.69 Å². The summed E-state index contributed by atoms with van der Waals surface area (Å²) < 4.78 is 5.92. The summed E-state index contributed by atoms with van der Waals surface area (Å²) in [6.07, 6.45) is 2.86. The van der Waals surface area contributed by atoms with Gasteiger partial charge in [0.2, 0.25) is 11.8 Å². The summed E-state index contributed by atoms with van der Waals surface area (Å²) >= 11 is 0. The third-order valence-corrected chi connectivity index (χ3v) is 4.73. The summed E-state index contributed by atoms with van der Waals surface area (Å²) in [6, 6.07) is 17.3. The van der Waals surface area contributed by atoms with Crippen molar-refractivity contribution in [3.8, 4) is 11.5 Å². The average Bonchev–Trinajstić information content (AvgIpc) is 3.17. The number of rotatable bonds is 5. The molecular weight excluding hydrogens is 394 g/mol. The van der Waals surface area contributed by atoms with E-state index in [1.807, 2.05) is 32.0 Å². The molecule has 1 heterocycles. The van der Waals surface area contributed by atoms with Crippen LogP contribution >= 0.6 is 0 Å². The lowest BCUT2D eigenvalue weighted by Crippen LogP contribution is -2.07. The Morgan fingerprint density at radius 2 is 1.87 bits per heavy atom. The van der Waals surface area contributed by atoms with Gasteiger partial charge < -0.3 is 9.73 Å². The van der Waals surface area contributed by atoms with Crippen molar-refractivity contribution < 1.29 is 14.1 Å². The lowest BCUT2D eigenvalue weighted by atomic mass is 10.1. The van der Waals surface area contributed by atoms with Gasteiger partial charge in [0.15, 0.2) is 5.58 Å². The summed E-state index contributed by atoms with van der Waals surface area (Å²) in [5, 5.41) is 13.6. The van der Waals surface area contributed by atoms with Crippen molar-refractivity contribution in [1.82, 2.24) is 4.98 Å². The van der Waals surface area contributed by atoms with Gasteiger partial charge in [0.05, 0.1) is 4.92 Å². The van der Waals surface area contributed by atoms with Crippen LogP contribution in [-0.4, -0.2) is 15.8 Å². The number of anilines is 1. The second-order valence-electron chi connectivity index (χ2n) is 7.20. The number of carbonyl (C=O) groups excluding carboxylic acids is 1. The number of hydrogen-bond acceptors (Lipinski definition) is 5. The van der Waals surface area contributed by atoms with Gasteiger partial charge in [-0.1, -0.05) is 18.2 Å². The zero-order valence-corrected chi connectivity index (χ0v) is 17.0. The molecular formula is C24H19N3O4. The minimum atomic E-state index is -0.474. The fourth-order valence-electron chi connectivity index (χ4n) is 3.29. The molecule has 0 aliphatic carbocycles. The number of nitrogens with one attached hydrogen (secondary N) is 1. The van der Waals surface area contributed by atoms with Crippen molar-refractivity contribution in [3.05, 3.63) is 93.5 Å². The molecule has 0 atom stereocenters. The van der Waals surface area contributed by atoms with E-state index in [1.54, 1.807) is 24.3 Å². The first-order valence-electron chi connectivity index (χ1n) is 9.61. The van der Waals surface area contributed by atoms with Crippen molar-refractivity contribution in [3.63, 3.8) is 0 Å². The Kier molecular flexibility index (Phi) is 5.32. The van der Waals surface area contributed by atoms with Gasteiger partial charge in [-0.05, 0) is 66.9 Å². The highest BCUT2D eigenvalue weighted by molar-refractivity contribution is 6.02. The maximum Gasteiger partial charge on any atom is 0.270 e. The first-order chi connectivity index (χ1) is 14.9. The van der Waals surface area contributed by atoms with Crippen LogP contribution in [0.15, 0.2) is 71.2 Å². The summed E-state index contributed by atoms with van der Waals surface area (Å²) in [4.78, 5) is 27.1. The highest BCUT2D eigenvalue weighted by Gasteiger charge is 2.11. The van der Waals surface area contributed by atoms with E-state index in [2.05, 4.69) is 16.4 Å². The predicted molar refractivity (Wildman–Crippen MR) is 120 cm³/mol. The van der Waals surface area contributed by atoms with Gasteiger partial charge in [0.1, 0.15) is 5.52 Å². The Hall–Kier alpha value is -4.26. The first kappa shape index (κ1) is 20.0. The number of aromatic nitrogens is 1. The number of aryl methyl sites for hydroxylation is 2. The van der Waals surface area contributed by atoms with E-state index in [9.17, 15) is 14.9 Å². The number of benzene rings is 3. The number of nitro groups is 1. The summed E-state index contributed by atoms with van der Waals surface area (Å²) in [7, 11) is 0. The summed E-state index contributed by atoms with van der Waals surface area (Å²) in [5.41, 5.74) is 5.71. The molecule has 0 aliphatic rings.